The van der Waals surface area contributed by atoms with E-state index in [1.54, 1.807) is 31.6 Å². The summed E-state index contributed by atoms with van der Waals surface area (Å²) in [6.07, 6.45) is 2.15. The zero-order chi connectivity index (χ0) is 29.3. The number of ether oxygens (including phenoxy) is 1. The van der Waals surface area contributed by atoms with Crippen LogP contribution in [0.3, 0.4) is 0 Å². The molecule has 0 unspecified atom stereocenters. The fraction of sp³-hybridized carbons (Fsp3) is 0.267. The minimum absolute atomic E-state index is 0.0400. The van der Waals surface area contributed by atoms with E-state index in [0.717, 1.165) is 37.1 Å². The lowest BCUT2D eigenvalue weighted by Crippen LogP contribution is -2.23. The Morgan fingerprint density at radius 2 is 1.76 bits per heavy atom. The first-order valence-corrected chi connectivity index (χ1v) is 13.5. The number of hydrogen-bond donors (Lipinski definition) is 2. The summed E-state index contributed by atoms with van der Waals surface area (Å²) in [5, 5.41) is 6.91. The Kier molecular flexibility index (Phi) is 7.27. The summed E-state index contributed by atoms with van der Waals surface area (Å²) >= 11 is 0. The molecule has 0 radical (unpaired) electrons. The lowest BCUT2D eigenvalue weighted by atomic mass is 10.2. The predicted octanol–water partition coefficient (Wildman–Crippen LogP) is 5.50. The first-order valence-electron chi connectivity index (χ1n) is 13.5. The molecule has 4 heterocycles. The highest BCUT2D eigenvalue weighted by molar-refractivity contribution is 5.75. The van der Waals surface area contributed by atoms with Gasteiger partial charge in [-0.25, -0.2) is 15.0 Å². The van der Waals surface area contributed by atoms with Gasteiger partial charge < -0.3 is 15.4 Å². The Morgan fingerprint density at radius 3 is 2.45 bits per heavy atom. The van der Waals surface area contributed by atoms with E-state index in [1.807, 2.05) is 41.0 Å². The molecule has 0 amide bonds. The van der Waals surface area contributed by atoms with Crippen molar-refractivity contribution >= 4 is 22.9 Å². The lowest BCUT2D eigenvalue weighted by molar-refractivity contribution is -0.137. The second-order valence-corrected chi connectivity index (χ2v) is 10.2. The van der Waals surface area contributed by atoms with Gasteiger partial charge >= 0.3 is 6.18 Å². The summed E-state index contributed by atoms with van der Waals surface area (Å²) in [7, 11) is 1.59. The van der Waals surface area contributed by atoms with E-state index in [2.05, 4.69) is 25.6 Å². The van der Waals surface area contributed by atoms with Gasteiger partial charge in [0.25, 0.3) is 5.56 Å². The monoisotopic (exact) mass is 575 g/mol. The van der Waals surface area contributed by atoms with Crippen molar-refractivity contribution in [2.75, 3.05) is 17.7 Å². The first kappa shape index (κ1) is 27.3. The van der Waals surface area contributed by atoms with Crippen LogP contribution in [-0.4, -0.2) is 43.3 Å². The van der Waals surface area contributed by atoms with Crippen molar-refractivity contribution < 1.29 is 17.9 Å². The van der Waals surface area contributed by atoms with Gasteiger partial charge in [-0.1, -0.05) is 18.2 Å². The average Bonchev–Trinajstić information content (AvgIpc) is 3.57. The van der Waals surface area contributed by atoms with Gasteiger partial charge in [0.1, 0.15) is 17.1 Å². The Hall–Kier alpha value is -4.87. The molecular formula is C30H28F3N7O2. The number of anilines is 2. The fourth-order valence-corrected chi connectivity index (χ4v) is 5.23. The van der Waals surface area contributed by atoms with Gasteiger partial charge in [-0.2, -0.15) is 13.2 Å². The van der Waals surface area contributed by atoms with Crippen LogP contribution in [0.25, 0.3) is 16.9 Å². The van der Waals surface area contributed by atoms with Crippen molar-refractivity contribution in [3.05, 3.63) is 101 Å². The minimum atomic E-state index is -4.51. The van der Waals surface area contributed by atoms with Crippen LogP contribution in [-0.2, 0) is 12.7 Å². The van der Waals surface area contributed by atoms with Crippen molar-refractivity contribution in [3.63, 3.8) is 0 Å². The van der Waals surface area contributed by atoms with Gasteiger partial charge in [-0.05, 0) is 61.2 Å². The van der Waals surface area contributed by atoms with Crippen molar-refractivity contribution in [2.24, 2.45) is 0 Å². The number of alkyl halides is 3. The quantitative estimate of drug-likeness (QED) is 0.252. The molecule has 6 rings (SSSR count). The number of nitrogens with zero attached hydrogens (tertiary/aromatic N) is 5. The number of methoxy groups -OCH3 is 1. The zero-order valence-electron chi connectivity index (χ0n) is 22.7. The number of hydrogen-bond acceptors (Lipinski definition) is 7. The van der Waals surface area contributed by atoms with Gasteiger partial charge in [-0.3, -0.25) is 13.9 Å². The van der Waals surface area contributed by atoms with Crippen LogP contribution in [0, 0.1) is 0 Å². The van der Waals surface area contributed by atoms with Crippen molar-refractivity contribution in [3.8, 4) is 11.4 Å². The van der Waals surface area contributed by atoms with Gasteiger partial charge in [0.15, 0.2) is 5.65 Å². The van der Waals surface area contributed by atoms with Crippen LogP contribution < -0.4 is 20.9 Å². The molecular weight excluding hydrogens is 547 g/mol. The Labute approximate surface area is 239 Å². The summed E-state index contributed by atoms with van der Waals surface area (Å²) in [6.45, 7) is 0.371. The standard InChI is InChI=1S/C30H28F3N7O2/c1-42-24-10-5-19(6-11-24)18-40-28-25(14-20(16-35-28)30(31,32)33)38-29(40)37-22-8-7-21(15-22)36-26-12-9-23(17-34-26)39-13-3-2-4-27(39)41/h2-6,9-14,16-17,21-22H,7-8,15,18H2,1H3,(H,34,36)(H,37,38)/t21-,22-/m0/s1. The van der Waals surface area contributed by atoms with E-state index in [-0.39, 0.29) is 23.2 Å². The minimum Gasteiger partial charge on any atom is -0.497 e. The highest BCUT2D eigenvalue weighted by Gasteiger charge is 2.32. The van der Waals surface area contributed by atoms with E-state index in [9.17, 15) is 18.0 Å². The number of benzene rings is 1. The molecule has 1 fully saturated rings. The highest BCUT2D eigenvalue weighted by atomic mass is 19.4. The van der Waals surface area contributed by atoms with Gasteiger partial charge in [-0.15, -0.1) is 0 Å². The summed E-state index contributed by atoms with van der Waals surface area (Å²) in [4.78, 5) is 25.3. The molecule has 2 N–H and O–H groups in total. The predicted molar refractivity (Wildman–Crippen MR) is 153 cm³/mol. The smallest absolute Gasteiger partial charge is 0.417 e. The molecule has 0 saturated heterocycles. The number of fused-ring (bicyclic) bond motifs is 1. The van der Waals surface area contributed by atoms with Gasteiger partial charge in [0.05, 0.1) is 31.1 Å². The molecule has 1 aliphatic carbocycles. The van der Waals surface area contributed by atoms with Crippen LogP contribution >= 0.6 is 0 Å². The molecule has 0 bridgehead atoms. The third kappa shape index (κ3) is 5.78. The summed E-state index contributed by atoms with van der Waals surface area (Å²) in [5.74, 6) is 1.88. The Morgan fingerprint density at radius 1 is 0.976 bits per heavy atom. The number of pyridine rings is 3. The molecule has 12 heteroatoms. The SMILES string of the molecule is COc1ccc(Cn2c(N[C@H]3CC[C@H](Nc4ccc(-n5ccccc5=O)cn4)C3)nc3cc(C(F)(F)F)cnc32)cc1. The first-order chi connectivity index (χ1) is 20.3. The molecule has 2 atom stereocenters. The molecule has 1 aliphatic rings. The van der Waals surface area contributed by atoms with E-state index in [1.165, 1.54) is 10.6 Å². The molecule has 9 nitrogen and oxygen atoms in total. The third-order valence-corrected chi connectivity index (χ3v) is 7.38. The van der Waals surface area contributed by atoms with E-state index in [4.69, 9.17) is 4.74 Å². The average molecular weight is 576 g/mol. The molecule has 216 valence electrons. The second kappa shape index (κ2) is 11.2. The van der Waals surface area contributed by atoms with E-state index < -0.39 is 11.7 Å². The molecule has 0 aliphatic heterocycles. The third-order valence-electron chi connectivity index (χ3n) is 7.38. The van der Waals surface area contributed by atoms with Gasteiger partial charge in [0.2, 0.25) is 5.95 Å². The number of imidazole rings is 1. The Balaban J connectivity index is 1.19. The van der Waals surface area contributed by atoms with Crippen molar-refractivity contribution in [1.82, 2.24) is 24.1 Å². The van der Waals surface area contributed by atoms with Crippen molar-refractivity contribution in [2.45, 2.75) is 44.1 Å². The number of rotatable bonds is 8. The van der Waals surface area contributed by atoms with Crippen LogP contribution in [0.1, 0.15) is 30.4 Å². The highest BCUT2D eigenvalue weighted by Crippen LogP contribution is 2.32. The maximum atomic E-state index is 13.4. The van der Waals surface area contributed by atoms with Gasteiger partial charge in [0, 0.05) is 30.5 Å². The fourth-order valence-electron chi connectivity index (χ4n) is 5.23. The molecule has 42 heavy (non-hydrogen) atoms. The normalized spacial score (nSPS) is 17.0. The second-order valence-electron chi connectivity index (χ2n) is 10.2. The van der Waals surface area contributed by atoms with Crippen LogP contribution in [0.5, 0.6) is 5.75 Å². The number of aromatic nitrogens is 5. The van der Waals surface area contributed by atoms with E-state index in [0.29, 0.717) is 35.4 Å². The molecule has 0 spiro atoms. The number of nitrogens with one attached hydrogen (secondary N) is 2. The summed E-state index contributed by atoms with van der Waals surface area (Å²) in [6, 6.07) is 17.3. The van der Waals surface area contributed by atoms with Crippen LogP contribution in [0.15, 0.2) is 84.0 Å². The number of halogens is 3. The molecule has 5 aromatic rings. The Bertz CT molecular complexity index is 1750. The van der Waals surface area contributed by atoms with Crippen LogP contribution in [0.4, 0.5) is 24.9 Å². The van der Waals surface area contributed by atoms with Crippen molar-refractivity contribution in [1.29, 1.82) is 0 Å². The van der Waals surface area contributed by atoms with Crippen LogP contribution in [0.2, 0.25) is 0 Å². The largest absolute Gasteiger partial charge is 0.497 e. The summed E-state index contributed by atoms with van der Waals surface area (Å²) < 4.78 is 48.7. The molecule has 1 aromatic carbocycles. The summed E-state index contributed by atoms with van der Waals surface area (Å²) in [5.41, 5.74) is 1.18. The maximum Gasteiger partial charge on any atom is 0.417 e. The van der Waals surface area contributed by atoms with E-state index >= 15 is 0 Å². The zero-order valence-corrected chi connectivity index (χ0v) is 22.7. The maximum absolute atomic E-state index is 13.4. The lowest BCUT2D eigenvalue weighted by Gasteiger charge is -2.17. The molecule has 1 saturated carbocycles. The topological polar surface area (TPSA) is 98.9 Å². The molecule has 4 aromatic heterocycles.